The Balaban J connectivity index is 0.000000462. The van der Waals surface area contributed by atoms with E-state index in [9.17, 15) is 14.4 Å². The van der Waals surface area contributed by atoms with E-state index in [4.69, 9.17) is 9.84 Å². The Hall–Kier alpha value is -2.32. The largest absolute Gasteiger partial charge is 0.486 e. The fraction of sp³-hybridized carbons (Fsp3) is 0.438. The first-order valence-corrected chi connectivity index (χ1v) is 7.64. The summed E-state index contributed by atoms with van der Waals surface area (Å²) in [5.41, 5.74) is 4.65. The zero-order valence-electron chi connectivity index (χ0n) is 13.8. The fourth-order valence-corrected chi connectivity index (χ4v) is 2.79. The minimum Gasteiger partial charge on any atom is -0.486 e. The Morgan fingerprint density at radius 1 is 1.32 bits per heavy atom. The molecule has 3 rings (SSSR count). The van der Waals surface area contributed by atoms with E-state index in [1.165, 1.54) is 19.2 Å². The maximum atomic E-state index is 12.2. The molecule has 9 heteroatoms. The summed E-state index contributed by atoms with van der Waals surface area (Å²) in [6.07, 6.45) is 1.95. The molecule has 5 N–H and O–H groups in total. The normalized spacial score (nSPS) is 17.1. The van der Waals surface area contributed by atoms with Crippen LogP contribution in [0.1, 0.15) is 40.0 Å². The average Bonchev–Trinajstić information content (AvgIpc) is 2.55. The van der Waals surface area contributed by atoms with Crippen LogP contribution in [0.2, 0.25) is 0 Å². The zero-order valence-corrected chi connectivity index (χ0v) is 14.6. The van der Waals surface area contributed by atoms with Gasteiger partial charge in [-0.3, -0.25) is 4.79 Å². The van der Waals surface area contributed by atoms with Crippen molar-refractivity contribution in [3.63, 3.8) is 0 Å². The molecule has 8 nitrogen and oxygen atoms in total. The number of amides is 2. The summed E-state index contributed by atoms with van der Waals surface area (Å²) in [5.74, 6) is -0.535. The molecular formula is C16H22ClN3O5. The number of carboxylic acid groups (broad SMARTS) is 1. The molecule has 0 unspecified atom stereocenters. The molecule has 0 aromatic heterocycles. The number of hydrogen-bond donors (Lipinski definition) is 4. The molecular weight excluding hydrogens is 350 g/mol. The van der Waals surface area contributed by atoms with E-state index in [0.717, 1.165) is 25.9 Å². The molecule has 0 bridgehead atoms. The molecule has 0 atom stereocenters. The van der Waals surface area contributed by atoms with Crippen LogP contribution >= 0.6 is 12.4 Å². The number of nitrogens with one attached hydrogen (secondary N) is 2. The summed E-state index contributed by atoms with van der Waals surface area (Å²) in [7, 11) is 1.47. The summed E-state index contributed by atoms with van der Waals surface area (Å²) in [4.78, 5) is 32.6. The lowest BCUT2D eigenvalue weighted by molar-refractivity contribution is 0.0187. The highest BCUT2D eigenvalue weighted by atomic mass is 35.5. The standard InChI is InChI=1S/C14H15NO4.C2H6N2O.ClH/c16-11-8-14(3-5-15-6-4-14)19-12-2-1-9(13(17)18)7-10(11)12;1-4-2(3)5;/h1-2,7,15H,3-6,8H2,(H,17,18);1H3,(H3,3,4,5);1H. The second-order valence-electron chi connectivity index (χ2n) is 5.77. The maximum Gasteiger partial charge on any atom is 0.335 e. The predicted molar refractivity (Wildman–Crippen MR) is 93.7 cm³/mol. The second kappa shape index (κ2) is 8.68. The van der Waals surface area contributed by atoms with E-state index < -0.39 is 17.6 Å². The van der Waals surface area contributed by atoms with E-state index >= 15 is 0 Å². The molecule has 0 radical (unpaired) electrons. The molecule has 2 aliphatic heterocycles. The molecule has 1 saturated heterocycles. The van der Waals surface area contributed by atoms with Gasteiger partial charge < -0.3 is 26.2 Å². The number of piperidine rings is 1. The van der Waals surface area contributed by atoms with Gasteiger partial charge in [0.05, 0.1) is 17.5 Å². The molecule has 1 aromatic rings. The van der Waals surface area contributed by atoms with Gasteiger partial charge in [0, 0.05) is 19.9 Å². The van der Waals surface area contributed by atoms with Crippen molar-refractivity contribution in [1.82, 2.24) is 10.6 Å². The maximum absolute atomic E-state index is 12.2. The monoisotopic (exact) mass is 371 g/mol. The Morgan fingerprint density at radius 2 is 1.92 bits per heavy atom. The van der Waals surface area contributed by atoms with Crippen molar-refractivity contribution in [2.75, 3.05) is 20.1 Å². The van der Waals surface area contributed by atoms with Gasteiger partial charge in [-0.25, -0.2) is 9.59 Å². The summed E-state index contributed by atoms with van der Waals surface area (Å²) >= 11 is 0. The van der Waals surface area contributed by atoms with Crippen molar-refractivity contribution in [3.05, 3.63) is 29.3 Å². The van der Waals surface area contributed by atoms with Crippen LogP contribution in [0.3, 0.4) is 0 Å². The van der Waals surface area contributed by atoms with Crippen LogP contribution in [-0.4, -0.2) is 48.6 Å². The first-order chi connectivity index (χ1) is 11.4. The van der Waals surface area contributed by atoms with Gasteiger partial charge in [0.2, 0.25) is 0 Å². The van der Waals surface area contributed by atoms with Gasteiger partial charge in [0.1, 0.15) is 11.4 Å². The van der Waals surface area contributed by atoms with Crippen molar-refractivity contribution in [2.45, 2.75) is 24.9 Å². The number of carbonyl (C=O) groups is 3. The predicted octanol–water partition coefficient (Wildman–Crippen LogP) is 1.18. The lowest BCUT2D eigenvalue weighted by atomic mass is 9.83. The van der Waals surface area contributed by atoms with Crippen LogP contribution in [-0.2, 0) is 0 Å². The Labute approximate surface area is 151 Å². The van der Waals surface area contributed by atoms with Crippen molar-refractivity contribution in [3.8, 4) is 5.75 Å². The first kappa shape index (κ1) is 20.7. The summed E-state index contributed by atoms with van der Waals surface area (Å²) in [5, 5.41) is 14.4. The molecule has 2 amide bonds. The Bertz CT molecular complexity index is 659. The van der Waals surface area contributed by atoms with Crippen molar-refractivity contribution in [2.24, 2.45) is 5.73 Å². The average molecular weight is 372 g/mol. The SMILES string of the molecule is CNC(N)=O.Cl.O=C(O)c1ccc2c(c1)C(=O)CC1(CCNCC1)O2. The quantitative estimate of drug-likeness (QED) is 0.586. The molecule has 2 heterocycles. The van der Waals surface area contributed by atoms with Crippen molar-refractivity contribution < 1.29 is 24.2 Å². The Morgan fingerprint density at radius 3 is 2.44 bits per heavy atom. The van der Waals surface area contributed by atoms with Gasteiger partial charge >= 0.3 is 12.0 Å². The lowest BCUT2D eigenvalue weighted by Gasteiger charge is -2.40. The van der Waals surface area contributed by atoms with E-state index in [-0.39, 0.29) is 23.8 Å². The number of ether oxygens (including phenoxy) is 1. The van der Waals surface area contributed by atoms with Gasteiger partial charge in [-0.15, -0.1) is 12.4 Å². The molecule has 1 fully saturated rings. The minimum absolute atomic E-state index is 0. The van der Waals surface area contributed by atoms with Gasteiger partial charge in [0.25, 0.3) is 0 Å². The number of carbonyl (C=O) groups excluding carboxylic acids is 2. The molecule has 2 aliphatic rings. The smallest absolute Gasteiger partial charge is 0.335 e. The van der Waals surface area contributed by atoms with Crippen LogP contribution in [0.25, 0.3) is 0 Å². The third-order valence-corrected chi connectivity index (χ3v) is 4.10. The highest BCUT2D eigenvalue weighted by molar-refractivity contribution is 6.02. The van der Waals surface area contributed by atoms with Gasteiger partial charge in [-0.1, -0.05) is 0 Å². The number of hydrogen-bond acceptors (Lipinski definition) is 5. The fourth-order valence-electron chi connectivity index (χ4n) is 2.79. The number of Topliss-reactive ketones (excluding diaryl/α,β-unsaturated/α-hetero) is 1. The molecule has 25 heavy (non-hydrogen) atoms. The number of rotatable bonds is 1. The van der Waals surface area contributed by atoms with E-state index in [1.54, 1.807) is 6.07 Å². The topological polar surface area (TPSA) is 131 Å². The van der Waals surface area contributed by atoms with Crippen molar-refractivity contribution >= 4 is 30.2 Å². The highest BCUT2D eigenvalue weighted by Crippen LogP contribution is 2.38. The van der Waals surface area contributed by atoms with E-state index in [2.05, 4.69) is 16.4 Å². The first-order valence-electron chi connectivity index (χ1n) is 7.64. The number of ketones is 1. The van der Waals surface area contributed by atoms with Crippen LogP contribution < -0.4 is 21.1 Å². The second-order valence-corrected chi connectivity index (χ2v) is 5.77. The van der Waals surface area contributed by atoms with Crippen LogP contribution in [0.4, 0.5) is 4.79 Å². The molecule has 1 spiro atoms. The number of benzene rings is 1. The van der Waals surface area contributed by atoms with E-state index in [0.29, 0.717) is 17.7 Å². The third kappa shape index (κ3) is 5.07. The lowest BCUT2D eigenvalue weighted by Crippen LogP contribution is -2.49. The van der Waals surface area contributed by atoms with Gasteiger partial charge in [-0.2, -0.15) is 0 Å². The molecule has 0 saturated carbocycles. The third-order valence-electron chi connectivity index (χ3n) is 4.10. The van der Waals surface area contributed by atoms with Crippen LogP contribution in [0, 0.1) is 0 Å². The van der Waals surface area contributed by atoms with E-state index in [1.807, 2.05) is 0 Å². The number of aromatic carboxylic acids is 1. The number of nitrogens with two attached hydrogens (primary N) is 1. The Kier molecular flexibility index (Phi) is 7.20. The number of halogens is 1. The minimum atomic E-state index is -1.03. The zero-order chi connectivity index (χ0) is 17.7. The van der Waals surface area contributed by atoms with Gasteiger partial charge in [0.15, 0.2) is 5.78 Å². The summed E-state index contributed by atoms with van der Waals surface area (Å²) in [6, 6.07) is 3.99. The van der Waals surface area contributed by atoms with Crippen molar-refractivity contribution in [1.29, 1.82) is 0 Å². The number of urea groups is 1. The molecule has 138 valence electrons. The summed E-state index contributed by atoms with van der Waals surface area (Å²) < 4.78 is 6.01. The number of primary amides is 1. The molecule has 0 aliphatic carbocycles. The van der Waals surface area contributed by atoms with Crippen LogP contribution in [0.5, 0.6) is 5.75 Å². The number of carboxylic acids is 1. The highest BCUT2D eigenvalue weighted by Gasteiger charge is 2.41. The van der Waals surface area contributed by atoms with Crippen LogP contribution in [0.15, 0.2) is 18.2 Å². The molecule has 1 aromatic carbocycles. The van der Waals surface area contributed by atoms with Gasteiger partial charge in [-0.05, 0) is 31.3 Å². The summed E-state index contributed by atoms with van der Waals surface area (Å²) in [6.45, 7) is 1.69. The number of fused-ring (bicyclic) bond motifs is 1.